The van der Waals surface area contributed by atoms with E-state index in [0.717, 1.165) is 32.6 Å². The van der Waals surface area contributed by atoms with E-state index in [1.807, 2.05) is 12.1 Å². The van der Waals surface area contributed by atoms with E-state index in [1.165, 1.54) is 5.56 Å². The quantitative estimate of drug-likeness (QED) is 0.602. The van der Waals surface area contributed by atoms with Gasteiger partial charge in [0.25, 0.3) is 0 Å². The monoisotopic (exact) mass is 236 g/mol. The van der Waals surface area contributed by atoms with Crippen LogP contribution in [0.15, 0.2) is 18.3 Å². The number of hydrogen-bond donors (Lipinski definition) is 2. The molecule has 1 aromatic rings. The highest BCUT2D eigenvalue weighted by Crippen LogP contribution is 2.16. The minimum Gasteiger partial charge on any atom is -0.381 e. The zero-order valence-corrected chi connectivity index (χ0v) is 10.2. The molecular formula is C12H20N4O. The first-order valence-corrected chi connectivity index (χ1v) is 5.99. The molecule has 94 valence electrons. The standard InChI is InChI=1S/C12H20N4O/c1-16(11-3-6-17-7-4-11)9-10-2-5-14-12(8-10)15-13/h2,5,8,11H,3-4,6-7,9,13H2,1H3,(H,14,15). The van der Waals surface area contributed by atoms with Crippen molar-refractivity contribution in [1.82, 2.24) is 9.88 Å². The molecule has 1 saturated heterocycles. The van der Waals surface area contributed by atoms with Crippen LogP contribution in [0.4, 0.5) is 5.82 Å². The number of nitrogens with zero attached hydrogens (tertiary/aromatic N) is 2. The predicted molar refractivity (Wildman–Crippen MR) is 67.4 cm³/mol. The van der Waals surface area contributed by atoms with Crippen LogP contribution in [0.25, 0.3) is 0 Å². The fourth-order valence-electron chi connectivity index (χ4n) is 2.19. The minimum atomic E-state index is 0.617. The molecule has 0 atom stereocenters. The van der Waals surface area contributed by atoms with Crippen molar-refractivity contribution >= 4 is 5.82 Å². The van der Waals surface area contributed by atoms with E-state index in [1.54, 1.807) is 6.20 Å². The van der Waals surface area contributed by atoms with E-state index in [9.17, 15) is 0 Å². The summed E-state index contributed by atoms with van der Waals surface area (Å²) in [4.78, 5) is 6.48. The Morgan fingerprint density at radius 1 is 1.53 bits per heavy atom. The van der Waals surface area contributed by atoms with Crippen molar-refractivity contribution in [3.05, 3.63) is 23.9 Å². The van der Waals surface area contributed by atoms with Gasteiger partial charge >= 0.3 is 0 Å². The third-order valence-electron chi connectivity index (χ3n) is 3.22. The lowest BCUT2D eigenvalue weighted by atomic mass is 10.1. The molecule has 5 nitrogen and oxygen atoms in total. The first kappa shape index (κ1) is 12.3. The van der Waals surface area contributed by atoms with Crippen molar-refractivity contribution in [2.75, 3.05) is 25.7 Å². The molecule has 2 rings (SSSR count). The van der Waals surface area contributed by atoms with Crippen LogP contribution in [-0.2, 0) is 11.3 Å². The summed E-state index contributed by atoms with van der Waals surface area (Å²) in [6.07, 6.45) is 4.01. The molecule has 0 unspecified atom stereocenters. The highest BCUT2D eigenvalue weighted by molar-refractivity contribution is 5.35. The first-order valence-electron chi connectivity index (χ1n) is 5.99. The van der Waals surface area contributed by atoms with Crippen molar-refractivity contribution < 1.29 is 4.74 Å². The Morgan fingerprint density at radius 2 is 2.29 bits per heavy atom. The van der Waals surface area contributed by atoms with Crippen molar-refractivity contribution in [3.63, 3.8) is 0 Å². The van der Waals surface area contributed by atoms with Crippen LogP contribution < -0.4 is 11.3 Å². The van der Waals surface area contributed by atoms with Gasteiger partial charge in [-0.05, 0) is 37.6 Å². The fourth-order valence-corrected chi connectivity index (χ4v) is 2.19. The second kappa shape index (κ2) is 5.95. The van der Waals surface area contributed by atoms with Crippen LogP contribution >= 0.6 is 0 Å². The molecule has 1 aromatic heterocycles. The van der Waals surface area contributed by atoms with Gasteiger partial charge in [-0.3, -0.25) is 4.90 Å². The number of hydrazine groups is 1. The lowest BCUT2D eigenvalue weighted by Crippen LogP contribution is -2.36. The minimum absolute atomic E-state index is 0.617. The molecule has 0 radical (unpaired) electrons. The number of nitrogens with two attached hydrogens (primary N) is 1. The second-order valence-electron chi connectivity index (χ2n) is 4.45. The summed E-state index contributed by atoms with van der Waals surface area (Å²) in [7, 11) is 2.16. The summed E-state index contributed by atoms with van der Waals surface area (Å²) < 4.78 is 5.37. The number of nitrogen functional groups attached to an aromatic ring is 1. The smallest absolute Gasteiger partial charge is 0.140 e. The van der Waals surface area contributed by atoms with Gasteiger partial charge in [0, 0.05) is 32.0 Å². The molecule has 1 aliphatic heterocycles. The summed E-state index contributed by atoms with van der Waals surface area (Å²) in [6, 6.07) is 4.62. The zero-order chi connectivity index (χ0) is 12.1. The lowest BCUT2D eigenvalue weighted by Gasteiger charge is -2.31. The zero-order valence-electron chi connectivity index (χ0n) is 10.2. The van der Waals surface area contributed by atoms with Gasteiger partial charge in [-0.15, -0.1) is 0 Å². The Bertz CT molecular complexity index is 352. The molecule has 0 bridgehead atoms. The van der Waals surface area contributed by atoms with Crippen LogP contribution in [0.5, 0.6) is 0 Å². The van der Waals surface area contributed by atoms with Crippen LogP contribution in [0.1, 0.15) is 18.4 Å². The SMILES string of the molecule is CN(Cc1ccnc(NN)c1)C1CCOCC1. The number of pyridine rings is 1. The molecule has 0 aliphatic carbocycles. The number of aromatic nitrogens is 1. The van der Waals surface area contributed by atoms with Gasteiger partial charge in [0.05, 0.1) is 0 Å². The molecule has 1 fully saturated rings. The van der Waals surface area contributed by atoms with Gasteiger partial charge in [0.2, 0.25) is 0 Å². The van der Waals surface area contributed by atoms with Gasteiger partial charge in [0.15, 0.2) is 0 Å². The van der Waals surface area contributed by atoms with Gasteiger partial charge in [0.1, 0.15) is 5.82 Å². The van der Waals surface area contributed by atoms with E-state index in [4.69, 9.17) is 10.6 Å². The number of nitrogens with one attached hydrogen (secondary N) is 1. The van der Waals surface area contributed by atoms with E-state index >= 15 is 0 Å². The van der Waals surface area contributed by atoms with Crippen LogP contribution in [-0.4, -0.2) is 36.2 Å². The summed E-state index contributed by atoms with van der Waals surface area (Å²) in [5.74, 6) is 6.06. The second-order valence-corrected chi connectivity index (χ2v) is 4.45. The number of ether oxygens (including phenoxy) is 1. The highest BCUT2D eigenvalue weighted by Gasteiger charge is 2.18. The molecule has 1 aliphatic rings. The lowest BCUT2D eigenvalue weighted by molar-refractivity contribution is 0.0407. The third kappa shape index (κ3) is 3.39. The van der Waals surface area contributed by atoms with Gasteiger partial charge in [-0.1, -0.05) is 0 Å². The summed E-state index contributed by atoms with van der Waals surface area (Å²) in [6.45, 7) is 2.67. The molecule has 0 saturated carbocycles. The molecule has 0 amide bonds. The maximum Gasteiger partial charge on any atom is 0.140 e. The molecule has 2 heterocycles. The molecule has 5 heteroatoms. The molecule has 0 spiro atoms. The maximum atomic E-state index is 5.37. The highest BCUT2D eigenvalue weighted by atomic mass is 16.5. The summed E-state index contributed by atoms with van der Waals surface area (Å²) in [5.41, 5.74) is 3.79. The Balaban J connectivity index is 1.94. The third-order valence-corrected chi connectivity index (χ3v) is 3.22. The average Bonchev–Trinajstić information content (AvgIpc) is 2.40. The Labute approximate surface area is 102 Å². The molecule has 3 N–H and O–H groups in total. The van der Waals surface area contributed by atoms with Crippen LogP contribution in [0.2, 0.25) is 0 Å². The van der Waals surface area contributed by atoms with Crippen LogP contribution in [0.3, 0.4) is 0 Å². The predicted octanol–water partition coefficient (Wildman–Crippen LogP) is 0.978. The van der Waals surface area contributed by atoms with Crippen molar-refractivity contribution in [1.29, 1.82) is 0 Å². The van der Waals surface area contributed by atoms with E-state index in [-0.39, 0.29) is 0 Å². The molecule has 0 aromatic carbocycles. The number of anilines is 1. The normalized spacial score (nSPS) is 17.4. The topological polar surface area (TPSA) is 63.4 Å². The molecule has 17 heavy (non-hydrogen) atoms. The largest absolute Gasteiger partial charge is 0.381 e. The van der Waals surface area contributed by atoms with Gasteiger partial charge in [-0.25, -0.2) is 10.8 Å². The van der Waals surface area contributed by atoms with Crippen molar-refractivity contribution in [2.24, 2.45) is 5.84 Å². The summed E-state index contributed by atoms with van der Waals surface area (Å²) in [5, 5.41) is 0. The van der Waals surface area contributed by atoms with Crippen molar-refractivity contribution in [3.8, 4) is 0 Å². The Kier molecular flexibility index (Phi) is 4.30. The maximum absolute atomic E-state index is 5.37. The Hall–Kier alpha value is -1.17. The van der Waals surface area contributed by atoms with E-state index < -0.39 is 0 Å². The average molecular weight is 236 g/mol. The number of rotatable bonds is 4. The summed E-state index contributed by atoms with van der Waals surface area (Å²) >= 11 is 0. The van der Waals surface area contributed by atoms with E-state index in [2.05, 4.69) is 22.4 Å². The van der Waals surface area contributed by atoms with Gasteiger partial charge < -0.3 is 10.2 Å². The first-order chi connectivity index (χ1) is 8.29. The fraction of sp³-hybridized carbons (Fsp3) is 0.583. The van der Waals surface area contributed by atoms with E-state index in [0.29, 0.717) is 11.9 Å². The Morgan fingerprint density at radius 3 is 3.00 bits per heavy atom. The van der Waals surface area contributed by atoms with Crippen LogP contribution in [0, 0.1) is 0 Å². The van der Waals surface area contributed by atoms with Crippen molar-refractivity contribution in [2.45, 2.75) is 25.4 Å². The van der Waals surface area contributed by atoms with Gasteiger partial charge in [-0.2, -0.15) is 0 Å². The number of hydrogen-bond acceptors (Lipinski definition) is 5. The molecular weight excluding hydrogens is 216 g/mol.